The fraction of sp³-hybridized carbons (Fsp3) is 0.857. The van der Waals surface area contributed by atoms with E-state index in [1.807, 2.05) is 25.9 Å². The van der Waals surface area contributed by atoms with Crippen LogP contribution in [0.4, 0.5) is 0 Å². The van der Waals surface area contributed by atoms with Gasteiger partial charge in [0.1, 0.15) is 6.54 Å². The molecule has 0 spiro atoms. The second kappa shape index (κ2) is 8.21. The van der Waals surface area contributed by atoms with Gasteiger partial charge in [-0.25, -0.2) is 0 Å². The molecule has 1 N–H and O–H groups in total. The Hall–Kier alpha value is -1.14. The fourth-order valence-electron chi connectivity index (χ4n) is 2.32. The van der Waals surface area contributed by atoms with E-state index >= 15 is 0 Å². The molecule has 1 heterocycles. The fourth-order valence-corrected chi connectivity index (χ4v) is 2.32. The number of hydrogen-bond acceptors (Lipinski definition) is 4. The average Bonchev–Trinajstić information content (AvgIpc) is 2.76. The number of rotatable bonds is 8. The molecule has 116 valence electrons. The van der Waals surface area contributed by atoms with Crippen molar-refractivity contribution in [1.29, 1.82) is 0 Å². The first-order valence-electron chi connectivity index (χ1n) is 7.18. The summed E-state index contributed by atoms with van der Waals surface area (Å²) in [5, 5.41) is 8.88. The van der Waals surface area contributed by atoms with Crippen LogP contribution in [0, 0.1) is 0 Å². The van der Waals surface area contributed by atoms with Gasteiger partial charge in [0.25, 0.3) is 0 Å². The summed E-state index contributed by atoms with van der Waals surface area (Å²) in [6.45, 7) is 2.92. The lowest BCUT2D eigenvalue weighted by molar-refractivity contribution is -0.144. The first kappa shape index (κ1) is 16.9. The van der Waals surface area contributed by atoms with E-state index in [4.69, 9.17) is 9.84 Å². The van der Waals surface area contributed by atoms with Crippen LogP contribution in [0.25, 0.3) is 0 Å². The second-order valence-electron chi connectivity index (χ2n) is 5.70. The van der Waals surface area contributed by atoms with Gasteiger partial charge in [-0.05, 0) is 40.3 Å². The minimum absolute atomic E-state index is 0.0996. The third kappa shape index (κ3) is 6.34. The van der Waals surface area contributed by atoms with E-state index in [1.54, 1.807) is 0 Å². The standard InChI is InChI=1S/C14H26N2O4/c1-11-4-5-12(20-11)6-7-13(17)16(10-14(18)19)9-8-15(2)3/h11-12H,4-10H2,1-3H3,(H,18,19)/t11-,12+/m1/s1. The zero-order valence-corrected chi connectivity index (χ0v) is 12.7. The Morgan fingerprint density at radius 1 is 1.25 bits per heavy atom. The predicted octanol–water partition coefficient (Wildman–Crippen LogP) is 0.809. The van der Waals surface area contributed by atoms with Gasteiger partial charge in [0.2, 0.25) is 5.91 Å². The molecule has 0 saturated carbocycles. The van der Waals surface area contributed by atoms with Crippen LogP contribution in [0.1, 0.15) is 32.6 Å². The highest BCUT2D eigenvalue weighted by Gasteiger charge is 2.24. The van der Waals surface area contributed by atoms with Crippen molar-refractivity contribution >= 4 is 11.9 Å². The van der Waals surface area contributed by atoms with Crippen LogP contribution in [0.15, 0.2) is 0 Å². The number of likely N-dealkylation sites (N-methyl/N-ethyl adjacent to an activating group) is 1. The second-order valence-corrected chi connectivity index (χ2v) is 5.70. The van der Waals surface area contributed by atoms with Crippen molar-refractivity contribution in [3.05, 3.63) is 0 Å². The Bertz CT molecular complexity index is 333. The molecule has 6 nitrogen and oxygen atoms in total. The van der Waals surface area contributed by atoms with Gasteiger partial charge in [0.05, 0.1) is 12.2 Å². The number of nitrogens with zero attached hydrogens (tertiary/aromatic N) is 2. The molecule has 1 fully saturated rings. The Morgan fingerprint density at radius 3 is 2.45 bits per heavy atom. The molecule has 0 aromatic rings. The van der Waals surface area contributed by atoms with Crippen molar-refractivity contribution in [2.24, 2.45) is 0 Å². The van der Waals surface area contributed by atoms with Gasteiger partial charge in [-0.1, -0.05) is 0 Å². The number of hydrogen-bond donors (Lipinski definition) is 1. The topological polar surface area (TPSA) is 70.1 Å². The summed E-state index contributed by atoms with van der Waals surface area (Å²) in [7, 11) is 3.80. The quantitative estimate of drug-likeness (QED) is 0.715. The van der Waals surface area contributed by atoms with Crippen LogP contribution < -0.4 is 0 Å². The minimum Gasteiger partial charge on any atom is -0.480 e. The molecule has 1 saturated heterocycles. The van der Waals surface area contributed by atoms with Gasteiger partial charge in [0.15, 0.2) is 0 Å². The monoisotopic (exact) mass is 286 g/mol. The lowest BCUT2D eigenvalue weighted by Gasteiger charge is -2.23. The van der Waals surface area contributed by atoms with Crippen LogP contribution in [0.2, 0.25) is 0 Å². The summed E-state index contributed by atoms with van der Waals surface area (Å²) in [6, 6.07) is 0. The highest BCUT2D eigenvalue weighted by atomic mass is 16.5. The SMILES string of the molecule is C[C@@H]1CC[C@@H](CCC(=O)N(CCN(C)C)CC(=O)O)O1. The molecule has 1 aliphatic heterocycles. The Kier molecular flexibility index (Phi) is 6.95. The highest BCUT2D eigenvalue weighted by molar-refractivity contribution is 5.81. The van der Waals surface area contributed by atoms with Gasteiger partial charge in [0, 0.05) is 19.5 Å². The van der Waals surface area contributed by atoms with Gasteiger partial charge >= 0.3 is 5.97 Å². The van der Waals surface area contributed by atoms with Crippen LogP contribution in [-0.2, 0) is 14.3 Å². The maximum absolute atomic E-state index is 12.1. The van der Waals surface area contributed by atoms with E-state index in [0.717, 1.165) is 12.8 Å². The average molecular weight is 286 g/mol. The number of aliphatic carboxylic acids is 1. The van der Waals surface area contributed by atoms with Crippen LogP contribution >= 0.6 is 0 Å². The van der Waals surface area contributed by atoms with Crippen molar-refractivity contribution in [1.82, 2.24) is 9.80 Å². The van der Waals surface area contributed by atoms with E-state index in [0.29, 0.717) is 25.9 Å². The van der Waals surface area contributed by atoms with Crippen molar-refractivity contribution in [3.63, 3.8) is 0 Å². The maximum Gasteiger partial charge on any atom is 0.323 e. The number of amides is 1. The highest BCUT2D eigenvalue weighted by Crippen LogP contribution is 2.22. The molecule has 6 heteroatoms. The minimum atomic E-state index is -0.970. The first-order valence-corrected chi connectivity index (χ1v) is 7.18. The summed E-state index contributed by atoms with van der Waals surface area (Å²) < 4.78 is 5.68. The smallest absolute Gasteiger partial charge is 0.323 e. The summed E-state index contributed by atoms with van der Waals surface area (Å²) in [4.78, 5) is 26.3. The van der Waals surface area contributed by atoms with Crippen LogP contribution in [0.5, 0.6) is 0 Å². The van der Waals surface area contributed by atoms with Crippen molar-refractivity contribution < 1.29 is 19.4 Å². The first-order chi connectivity index (χ1) is 9.38. The lowest BCUT2D eigenvalue weighted by atomic mass is 10.1. The molecule has 20 heavy (non-hydrogen) atoms. The molecule has 0 unspecified atom stereocenters. The van der Waals surface area contributed by atoms with E-state index in [9.17, 15) is 9.59 Å². The van der Waals surface area contributed by atoms with E-state index < -0.39 is 5.97 Å². The molecular formula is C14H26N2O4. The van der Waals surface area contributed by atoms with Gasteiger partial charge in [-0.3, -0.25) is 9.59 Å². The third-order valence-electron chi connectivity index (χ3n) is 3.50. The summed E-state index contributed by atoms with van der Waals surface area (Å²) in [5.41, 5.74) is 0. The number of carbonyl (C=O) groups excluding carboxylic acids is 1. The zero-order valence-electron chi connectivity index (χ0n) is 12.7. The number of ether oxygens (including phenoxy) is 1. The molecule has 2 atom stereocenters. The molecule has 0 aliphatic carbocycles. The normalized spacial score (nSPS) is 22.2. The molecule has 1 amide bonds. The summed E-state index contributed by atoms with van der Waals surface area (Å²) >= 11 is 0. The maximum atomic E-state index is 12.1. The molecule has 0 aromatic carbocycles. The number of carboxylic acids is 1. The van der Waals surface area contributed by atoms with Crippen LogP contribution in [0.3, 0.4) is 0 Å². The van der Waals surface area contributed by atoms with Gasteiger partial charge in [-0.15, -0.1) is 0 Å². The summed E-state index contributed by atoms with van der Waals surface area (Å²) in [6.07, 6.45) is 3.50. The molecule has 0 aromatic heterocycles. The van der Waals surface area contributed by atoms with Gasteiger partial charge in [-0.2, -0.15) is 0 Å². The molecule has 0 radical (unpaired) electrons. The van der Waals surface area contributed by atoms with E-state index in [1.165, 1.54) is 4.90 Å². The predicted molar refractivity (Wildman–Crippen MR) is 75.6 cm³/mol. The van der Waals surface area contributed by atoms with Crippen molar-refractivity contribution in [2.75, 3.05) is 33.7 Å². The molecular weight excluding hydrogens is 260 g/mol. The summed E-state index contributed by atoms with van der Waals surface area (Å²) in [5.74, 6) is -1.07. The van der Waals surface area contributed by atoms with E-state index in [2.05, 4.69) is 0 Å². The Morgan fingerprint density at radius 2 is 1.95 bits per heavy atom. The number of carboxylic acid groups (broad SMARTS) is 1. The Labute approximate surface area is 120 Å². The molecule has 1 rings (SSSR count). The van der Waals surface area contributed by atoms with Gasteiger partial charge < -0.3 is 19.6 Å². The lowest BCUT2D eigenvalue weighted by Crippen LogP contribution is -2.40. The van der Waals surface area contributed by atoms with E-state index in [-0.39, 0.29) is 24.7 Å². The number of carbonyl (C=O) groups is 2. The zero-order chi connectivity index (χ0) is 15.1. The van der Waals surface area contributed by atoms with Crippen molar-refractivity contribution in [3.8, 4) is 0 Å². The van der Waals surface area contributed by atoms with Crippen molar-refractivity contribution in [2.45, 2.75) is 44.8 Å². The van der Waals surface area contributed by atoms with Crippen LogP contribution in [-0.4, -0.2) is 72.7 Å². The Balaban J connectivity index is 2.39. The largest absolute Gasteiger partial charge is 0.480 e. The molecule has 0 bridgehead atoms. The third-order valence-corrected chi connectivity index (χ3v) is 3.50. The molecule has 1 aliphatic rings.